The van der Waals surface area contributed by atoms with E-state index in [4.69, 9.17) is 9.16 Å². The van der Waals surface area contributed by atoms with Crippen LogP contribution in [0.25, 0.3) is 0 Å². The standard InChI is InChI=1S/C22H37IO2Si/c1-22(2,3)26(4,5)25-20-15-19(24-21(16-20)17-23)14-10-9-13-18-11-7-6-8-12-18/h6-8,11-12,19-21H,9-10,13-17H2,1-5H3/t19-,20+,21-/m1/s1. The fraction of sp³-hybridized carbons (Fsp3) is 0.727. The third kappa shape index (κ3) is 6.92. The van der Waals surface area contributed by atoms with Crippen LogP contribution in [0.3, 0.4) is 0 Å². The van der Waals surface area contributed by atoms with Gasteiger partial charge in [-0.1, -0.05) is 80.1 Å². The van der Waals surface area contributed by atoms with Crippen LogP contribution in [0.5, 0.6) is 0 Å². The third-order valence-electron chi connectivity index (χ3n) is 5.96. The molecule has 1 saturated heterocycles. The molecule has 1 fully saturated rings. The van der Waals surface area contributed by atoms with E-state index in [9.17, 15) is 0 Å². The lowest BCUT2D eigenvalue weighted by molar-refractivity contribution is -0.0837. The highest BCUT2D eigenvalue weighted by Gasteiger charge is 2.41. The molecule has 0 N–H and O–H groups in total. The lowest BCUT2D eigenvalue weighted by Gasteiger charge is -2.43. The summed E-state index contributed by atoms with van der Waals surface area (Å²) in [5.74, 6) is 0. The summed E-state index contributed by atoms with van der Waals surface area (Å²) in [6.07, 6.45) is 8.06. The normalized spacial score (nSPS) is 24.6. The second-order valence-electron chi connectivity index (χ2n) is 9.24. The zero-order chi connectivity index (χ0) is 19.2. The molecular formula is C22H37IO2Si. The fourth-order valence-corrected chi connectivity index (χ4v) is 5.33. The van der Waals surface area contributed by atoms with Gasteiger partial charge >= 0.3 is 0 Å². The maximum Gasteiger partial charge on any atom is 0.192 e. The van der Waals surface area contributed by atoms with Gasteiger partial charge in [0, 0.05) is 4.43 Å². The van der Waals surface area contributed by atoms with Crippen molar-refractivity contribution in [1.82, 2.24) is 0 Å². The van der Waals surface area contributed by atoms with Crippen molar-refractivity contribution in [2.45, 2.75) is 95.7 Å². The minimum Gasteiger partial charge on any atom is -0.414 e. The van der Waals surface area contributed by atoms with Gasteiger partial charge < -0.3 is 9.16 Å². The molecule has 0 amide bonds. The molecule has 3 atom stereocenters. The second-order valence-corrected chi connectivity index (χ2v) is 14.9. The van der Waals surface area contributed by atoms with E-state index in [1.54, 1.807) is 0 Å². The zero-order valence-corrected chi connectivity index (χ0v) is 20.4. The van der Waals surface area contributed by atoms with Gasteiger partial charge in [0.1, 0.15) is 0 Å². The first-order valence-electron chi connectivity index (χ1n) is 10.1. The van der Waals surface area contributed by atoms with Crippen molar-refractivity contribution in [2.75, 3.05) is 4.43 Å². The quantitative estimate of drug-likeness (QED) is 0.174. The van der Waals surface area contributed by atoms with Crippen molar-refractivity contribution < 1.29 is 9.16 Å². The minimum absolute atomic E-state index is 0.274. The Balaban J connectivity index is 1.82. The summed E-state index contributed by atoms with van der Waals surface area (Å²) in [7, 11) is -1.70. The molecule has 0 bridgehead atoms. The molecule has 26 heavy (non-hydrogen) atoms. The molecule has 1 aliphatic heterocycles. The molecule has 0 unspecified atom stereocenters. The molecule has 2 rings (SSSR count). The predicted molar refractivity (Wildman–Crippen MR) is 123 cm³/mol. The monoisotopic (exact) mass is 488 g/mol. The Morgan fingerprint density at radius 1 is 1.08 bits per heavy atom. The summed E-state index contributed by atoms with van der Waals surface area (Å²) in [4.78, 5) is 0. The van der Waals surface area contributed by atoms with Crippen molar-refractivity contribution in [2.24, 2.45) is 0 Å². The summed E-state index contributed by atoms with van der Waals surface area (Å²) in [5.41, 5.74) is 1.45. The number of unbranched alkanes of at least 4 members (excludes halogenated alkanes) is 1. The largest absolute Gasteiger partial charge is 0.414 e. The first-order valence-corrected chi connectivity index (χ1v) is 14.6. The maximum absolute atomic E-state index is 6.74. The van der Waals surface area contributed by atoms with Gasteiger partial charge in [-0.05, 0) is 55.8 Å². The van der Waals surface area contributed by atoms with Crippen LogP contribution in [-0.2, 0) is 15.6 Å². The van der Waals surface area contributed by atoms with Crippen LogP contribution in [0.15, 0.2) is 30.3 Å². The van der Waals surface area contributed by atoms with Gasteiger partial charge in [0.05, 0.1) is 18.3 Å². The SMILES string of the molecule is CC(C)(C)[Si](C)(C)O[C@H]1C[C@@H](CCCCc2ccccc2)O[C@@H](CI)C1. The number of hydrogen-bond acceptors (Lipinski definition) is 2. The predicted octanol–water partition coefficient (Wildman–Crippen LogP) is 6.77. The summed E-state index contributed by atoms with van der Waals surface area (Å²) in [6.45, 7) is 11.7. The van der Waals surface area contributed by atoms with E-state index in [1.165, 1.54) is 24.8 Å². The minimum atomic E-state index is -1.70. The van der Waals surface area contributed by atoms with Gasteiger partial charge in [-0.15, -0.1) is 0 Å². The molecule has 1 aliphatic rings. The van der Waals surface area contributed by atoms with Crippen molar-refractivity contribution in [3.8, 4) is 0 Å². The van der Waals surface area contributed by atoms with E-state index < -0.39 is 8.32 Å². The fourth-order valence-electron chi connectivity index (χ4n) is 3.39. The number of rotatable bonds is 8. The molecule has 1 aromatic rings. The Morgan fingerprint density at radius 2 is 1.73 bits per heavy atom. The van der Waals surface area contributed by atoms with E-state index in [2.05, 4.69) is 86.8 Å². The first kappa shape index (κ1) is 22.4. The Morgan fingerprint density at radius 3 is 2.35 bits per heavy atom. The topological polar surface area (TPSA) is 18.5 Å². The van der Waals surface area contributed by atoms with E-state index >= 15 is 0 Å². The summed E-state index contributed by atoms with van der Waals surface area (Å²) < 4.78 is 14.1. The smallest absolute Gasteiger partial charge is 0.192 e. The van der Waals surface area contributed by atoms with E-state index in [0.29, 0.717) is 18.3 Å². The molecule has 0 aromatic heterocycles. The number of alkyl halides is 1. The molecule has 0 radical (unpaired) electrons. The van der Waals surface area contributed by atoms with E-state index in [0.717, 1.165) is 23.7 Å². The number of ether oxygens (including phenoxy) is 1. The van der Waals surface area contributed by atoms with Gasteiger partial charge in [-0.25, -0.2) is 0 Å². The molecule has 4 heteroatoms. The number of hydrogen-bond donors (Lipinski definition) is 0. The van der Waals surface area contributed by atoms with Crippen LogP contribution in [0.4, 0.5) is 0 Å². The summed E-state index contributed by atoms with van der Waals surface area (Å²) in [5, 5.41) is 0.274. The maximum atomic E-state index is 6.74. The summed E-state index contributed by atoms with van der Waals surface area (Å²) >= 11 is 2.46. The van der Waals surface area contributed by atoms with Crippen LogP contribution in [0, 0.1) is 0 Å². The van der Waals surface area contributed by atoms with Crippen LogP contribution in [-0.4, -0.2) is 31.1 Å². The van der Waals surface area contributed by atoms with Crippen molar-refractivity contribution in [3.05, 3.63) is 35.9 Å². The molecule has 0 spiro atoms. The Hall–Kier alpha value is 0.0869. The molecule has 0 aliphatic carbocycles. The first-order chi connectivity index (χ1) is 12.2. The molecule has 0 saturated carbocycles. The van der Waals surface area contributed by atoms with Gasteiger partial charge in [-0.2, -0.15) is 0 Å². The van der Waals surface area contributed by atoms with Gasteiger partial charge in [-0.3, -0.25) is 0 Å². The highest BCUT2D eigenvalue weighted by atomic mass is 127. The number of halogens is 1. The molecular weight excluding hydrogens is 451 g/mol. The van der Waals surface area contributed by atoms with Crippen molar-refractivity contribution in [1.29, 1.82) is 0 Å². The van der Waals surface area contributed by atoms with Gasteiger partial charge in [0.2, 0.25) is 0 Å². The molecule has 148 valence electrons. The Kier molecular flexibility index (Phi) is 8.64. The number of benzene rings is 1. The highest BCUT2D eigenvalue weighted by molar-refractivity contribution is 14.1. The van der Waals surface area contributed by atoms with Crippen LogP contribution in [0.1, 0.15) is 58.4 Å². The zero-order valence-electron chi connectivity index (χ0n) is 17.3. The Bertz CT molecular complexity index is 527. The van der Waals surface area contributed by atoms with Crippen LogP contribution < -0.4 is 0 Å². The summed E-state index contributed by atoms with van der Waals surface area (Å²) in [6, 6.07) is 10.8. The van der Waals surface area contributed by atoms with Crippen LogP contribution >= 0.6 is 22.6 Å². The average Bonchev–Trinajstić information content (AvgIpc) is 2.58. The number of aryl methyl sites for hydroxylation is 1. The lowest BCUT2D eigenvalue weighted by atomic mass is 9.97. The highest BCUT2D eigenvalue weighted by Crippen LogP contribution is 2.39. The van der Waals surface area contributed by atoms with Crippen molar-refractivity contribution in [3.63, 3.8) is 0 Å². The molecule has 2 nitrogen and oxygen atoms in total. The average molecular weight is 489 g/mol. The molecule has 1 heterocycles. The van der Waals surface area contributed by atoms with E-state index in [1.807, 2.05) is 0 Å². The van der Waals surface area contributed by atoms with Gasteiger partial charge in [0.15, 0.2) is 8.32 Å². The second kappa shape index (κ2) is 10.0. The van der Waals surface area contributed by atoms with Crippen LogP contribution in [0.2, 0.25) is 18.1 Å². The Labute approximate surface area is 175 Å². The van der Waals surface area contributed by atoms with Crippen molar-refractivity contribution >= 4 is 30.9 Å². The lowest BCUT2D eigenvalue weighted by Crippen LogP contribution is -2.48. The third-order valence-corrected chi connectivity index (χ3v) is 11.5. The van der Waals surface area contributed by atoms with E-state index in [-0.39, 0.29) is 5.04 Å². The molecule has 1 aromatic carbocycles. The van der Waals surface area contributed by atoms with Gasteiger partial charge in [0.25, 0.3) is 0 Å².